The van der Waals surface area contributed by atoms with Crippen LogP contribution in [0.1, 0.15) is 35.1 Å². The standard InChI is InChI=1S/C21H19N/c1-14-8-3-4-9-16(14)21-15(2)17-10-5-6-11-18(17)19-12-7-13-20(21)22-19/h3-13,15,22H,1-2H3. The Morgan fingerprint density at radius 2 is 1.64 bits per heavy atom. The summed E-state index contributed by atoms with van der Waals surface area (Å²) in [5, 5.41) is 3.63. The molecule has 22 heavy (non-hydrogen) atoms. The largest absolute Gasteiger partial charge is 0.355 e. The molecule has 2 bridgehead atoms. The third kappa shape index (κ3) is 1.93. The Kier molecular flexibility index (Phi) is 3.00. The Bertz CT molecular complexity index is 836. The predicted octanol–water partition coefficient (Wildman–Crippen LogP) is 5.02. The lowest BCUT2D eigenvalue weighted by molar-refractivity contribution is 0.977. The molecule has 1 nitrogen and oxygen atoms in total. The van der Waals surface area contributed by atoms with Crippen LogP contribution in [0.15, 0.2) is 72.5 Å². The molecule has 0 spiro atoms. The van der Waals surface area contributed by atoms with Gasteiger partial charge in [-0.15, -0.1) is 0 Å². The lowest BCUT2D eigenvalue weighted by atomic mass is 9.84. The van der Waals surface area contributed by atoms with E-state index in [4.69, 9.17) is 0 Å². The Balaban J connectivity index is 2.01. The topological polar surface area (TPSA) is 12.0 Å². The van der Waals surface area contributed by atoms with Crippen molar-refractivity contribution in [1.29, 1.82) is 0 Å². The molecule has 0 fully saturated rings. The zero-order valence-corrected chi connectivity index (χ0v) is 12.9. The summed E-state index contributed by atoms with van der Waals surface area (Å²) in [4.78, 5) is 0. The Morgan fingerprint density at radius 1 is 0.909 bits per heavy atom. The molecule has 2 heterocycles. The molecule has 1 unspecified atom stereocenters. The number of aryl methyl sites for hydroxylation is 1. The summed E-state index contributed by atoms with van der Waals surface area (Å²) in [5.74, 6) is 0.355. The minimum absolute atomic E-state index is 0.355. The molecule has 0 saturated heterocycles. The molecule has 2 aromatic carbocycles. The zero-order valence-electron chi connectivity index (χ0n) is 12.9. The number of nitrogens with one attached hydrogen (secondary N) is 1. The van der Waals surface area contributed by atoms with Gasteiger partial charge in [0.05, 0.1) is 0 Å². The maximum atomic E-state index is 3.63. The molecule has 1 heteroatoms. The molecule has 2 aliphatic rings. The molecule has 4 rings (SSSR count). The van der Waals surface area contributed by atoms with Gasteiger partial charge in [0.25, 0.3) is 0 Å². The van der Waals surface area contributed by atoms with Crippen molar-refractivity contribution in [2.45, 2.75) is 19.8 Å². The van der Waals surface area contributed by atoms with Gasteiger partial charge in [0.15, 0.2) is 0 Å². The SMILES string of the molecule is Cc1ccccc1C1=C2C=CC=C(N2)c2ccccc2C1C. The fourth-order valence-corrected chi connectivity index (χ4v) is 3.55. The van der Waals surface area contributed by atoms with Crippen LogP contribution in [0.3, 0.4) is 0 Å². The van der Waals surface area contributed by atoms with Crippen LogP contribution in [-0.4, -0.2) is 0 Å². The van der Waals surface area contributed by atoms with Gasteiger partial charge in [0.2, 0.25) is 0 Å². The summed E-state index contributed by atoms with van der Waals surface area (Å²) in [5.41, 5.74) is 9.14. The number of dihydropyridines is 1. The van der Waals surface area contributed by atoms with E-state index in [0.717, 1.165) is 0 Å². The van der Waals surface area contributed by atoms with Gasteiger partial charge in [-0.2, -0.15) is 0 Å². The van der Waals surface area contributed by atoms with E-state index in [1.54, 1.807) is 0 Å². The van der Waals surface area contributed by atoms with Gasteiger partial charge >= 0.3 is 0 Å². The minimum Gasteiger partial charge on any atom is -0.355 e. The van der Waals surface area contributed by atoms with Crippen molar-refractivity contribution >= 4 is 11.3 Å². The molecule has 108 valence electrons. The number of rotatable bonds is 1. The van der Waals surface area contributed by atoms with Crippen molar-refractivity contribution in [3.8, 4) is 0 Å². The number of fused-ring (bicyclic) bond motifs is 4. The second kappa shape index (κ2) is 5.03. The first kappa shape index (κ1) is 13.1. The third-order valence-corrected chi connectivity index (χ3v) is 4.67. The monoisotopic (exact) mass is 285 g/mol. The summed E-state index contributed by atoms with van der Waals surface area (Å²) >= 11 is 0. The highest BCUT2D eigenvalue weighted by Gasteiger charge is 2.26. The number of benzene rings is 2. The van der Waals surface area contributed by atoms with E-state index in [-0.39, 0.29) is 0 Å². The lowest BCUT2D eigenvalue weighted by Crippen LogP contribution is -2.13. The molecule has 0 saturated carbocycles. The van der Waals surface area contributed by atoms with Crippen LogP contribution in [0, 0.1) is 6.92 Å². The molecule has 1 atom stereocenters. The van der Waals surface area contributed by atoms with Crippen LogP contribution in [-0.2, 0) is 0 Å². The van der Waals surface area contributed by atoms with Crippen molar-refractivity contribution in [2.24, 2.45) is 0 Å². The average molecular weight is 285 g/mol. The van der Waals surface area contributed by atoms with E-state index in [1.165, 1.54) is 39.2 Å². The van der Waals surface area contributed by atoms with Crippen LogP contribution in [0.25, 0.3) is 11.3 Å². The zero-order chi connectivity index (χ0) is 15.1. The van der Waals surface area contributed by atoms with Gasteiger partial charge in [0, 0.05) is 22.9 Å². The molecule has 2 aromatic rings. The molecule has 1 N–H and O–H groups in total. The smallest absolute Gasteiger partial charge is 0.0460 e. The summed E-state index contributed by atoms with van der Waals surface area (Å²) in [6.45, 7) is 4.50. The van der Waals surface area contributed by atoms with Crippen molar-refractivity contribution in [3.63, 3.8) is 0 Å². The molecular weight excluding hydrogens is 266 g/mol. The van der Waals surface area contributed by atoms with Crippen LogP contribution in [0.4, 0.5) is 0 Å². The van der Waals surface area contributed by atoms with Gasteiger partial charge in [0.1, 0.15) is 0 Å². The number of hydrogen-bond donors (Lipinski definition) is 1. The van der Waals surface area contributed by atoms with Gasteiger partial charge in [-0.05, 0) is 41.3 Å². The first-order valence-corrected chi connectivity index (χ1v) is 7.80. The van der Waals surface area contributed by atoms with E-state index in [9.17, 15) is 0 Å². The van der Waals surface area contributed by atoms with Gasteiger partial charge in [-0.3, -0.25) is 0 Å². The Labute approximate surface area is 131 Å². The van der Waals surface area contributed by atoms with Crippen LogP contribution >= 0.6 is 0 Å². The number of hydrogen-bond acceptors (Lipinski definition) is 1. The fourth-order valence-electron chi connectivity index (χ4n) is 3.55. The summed E-state index contributed by atoms with van der Waals surface area (Å²) < 4.78 is 0. The van der Waals surface area contributed by atoms with E-state index >= 15 is 0 Å². The first-order valence-electron chi connectivity index (χ1n) is 7.80. The lowest BCUT2D eigenvalue weighted by Gasteiger charge is -2.20. The predicted molar refractivity (Wildman–Crippen MR) is 93.2 cm³/mol. The summed E-state index contributed by atoms with van der Waals surface area (Å²) in [6.07, 6.45) is 6.50. The average Bonchev–Trinajstić information content (AvgIpc) is 2.64. The maximum absolute atomic E-state index is 3.63. The first-order chi connectivity index (χ1) is 10.8. The number of allylic oxidation sites excluding steroid dienone is 4. The molecule has 0 amide bonds. The fraction of sp³-hybridized carbons (Fsp3) is 0.143. The second-order valence-electron chi connectivity index (χ2n) is 6.02. The minimum atomic E-state index is 0.355. The van der Waals surface area contributed by atoms with E-state index < -0.39 is 0 Å². The van der Waals surface area contributed by atoms with E-state index in [0.29, 0.717) is 5.92 Å². The summed E-state index contributed by atoms with van der Waals surface area (Å²) in [7, 11) is 0. The van der Waals surface area contributed by atoms with Gasteiger partial charge in [-0.25, -0.2) is 0 Å². The highest BCUT2D eigenvalue weighted by atomic mass is 14.9. The second-order valence-corrected chi connectivity index (χ2v) is 6.02. The van der Waals surface area contributed by atoms with Crippen molar-refractivity contribution in [1.82, 2.24) is 5.32 Å². The van der Waals surface area contributed by atoms with Crippen molar-refractivity contribution in [2.75, 3.05) is 0 Å². The quantitative estimate of drug-likeness (QED) is 0.775. The van der Waals surface area contributed by atoms with Crippen molar-refractivity contribution < 1.29 is 0 Å². The normalized spacial score (nSPS) is 19.2. The van der Waals surface area contributed by atoms with Gasteiger partial charge < -0.3 is 5.32 Å². The Morgan fingerprint density at radius 3 is 2.45 bits per heavy atom. The molecule has 0 aliphatic carbocycles. The molecular formula is C21H19N. The van der Waals surface area contributed by atoms with Gasteiger partial charge in [-0.1, -0.05) is 61.5 Å². The van der Waals surface area contributed by atoms with Crippen LogP contribution < -0.4 is 5.32 Å². The van der Waals surface area contributed by atoms with E-state index in [2.05, 4.69) is 85.9 Å². The van der Waals surface area contributed by atoms with Crippen molar-refractivity contribution in [3.05, 3.63) is 94.7 Å². The van der Waals surface area contributed by atoms with Crippen LogP contribution in [0.2, 0.25) is 0 Å². The highest BCUT2D eigenvalue weighted by molar-refractivity contribution is 5.86. The van der Waals surface area contributed by atoms with Crippen LogP contribution in [0.5, 0.6) is 0 Å². The van der Waals surface area contributed by atoms with E-state index in [1.807, 2.05) is 0 Å². The maximum Gasteiger partial charge on any atom is 0.0460 e. The summed E-state index contributed by atoms with van der Waals surface area (Å²) in [6, 6.07) is 17.4. The molecule has 2 aliphatic heterocycles. The molecule has 0 radical (unpaired) electrons. The highest BCUT2D eigenvalue weighted by Crippen LogP contribution is 2.42. The molecule has 0 aromatic heterocycles. The third-order valence-electron chi connectivity index (χ3n) is 4.67. The Hall–Kier alpha value is -2.54.